The highest BCUT2D eigenvalue weighted by Gasteiger charge is 2.17. The minimum atomic E-state index is 0.146. The van der Waals surface area contributed by atoms with Gasteiger partial charge in [-0.3, -0.25) is 4.79 Å². The van der Waals surface area contributed by atoms with Crippen molar-refractivity contribution in [1.82, 2.24) is 15.5 Å². The molecule has 0 saturated carbocycles. The van der Waals surface area contributed by atoms with Gasteiger partial charge in [0.15, 0.2) is 5.96 Å². The Morgan fingerprint density at radius 2 is 1.59 bits per heavy atom. The molecule has 0 atom stereocenters. The molecule has 0 unspecified atom stereocenters. The zero-order chi connectivity index (χ0) is 20.5. The molecule has 0 aromatic heterocycles. The second-order valence-corrected chi connectivity index (χ2v) is 7.58. The maximum atomic E-state index is 12.6. The van der Waals surface area contributed by atoms with E-state index >= 15 is 0 Å². The fourth-order valence-electron chi connectivity index (χ4n) is 3.44. The Kier molecular flexibility index (Phi) is 7.68. The monoisotopic (exact) mass is 392 g/mol. The third kappa shape index (κ3) is 6.34. The molecule has 1 saturated heterocycles. The maximum Gasteiger partial charge on any atom is 0.253 e. The molecule has 2 aromatic rings. The predicted octanol–water partition coefficient (Wildman–Crippen LogP) is 3.88. The lowest BCUT2D eigenvalue weighted by Crippen LogP contribution is -2.36. The van der Waals surface area contributed by atoms with Crippen LogP contribution in [0.1, 0.15) is 53.2 Å². The Morgan fingerprint density at radius 3 is 2.24 bits per heavy atom. The van der Waals surface area contributed by atoms with Gasteiger partial charge in [-0.25, -0.2) is 4.99 Å². The lowest BCUT2D eigenvalue weighted by Gasteiger charge is -2.26. The zero-order valence-corrected chi connectivity index (χ0v) is 17.6. The van der Waals surface area contributed by atoms with Gasteiger partial charge in [0.25, 0.3) is 5.91 Å². The van der Waals surface area contributed by atoms with Gasteiger partial charge in [-0.15, -0.1) is 0 Å². The normalized spacial score (nSPS) is 14.6. The van der Waals surface area contributed by atoms with E-state index in [-0.39, 0.29) is 5.91 Å². The van der Waals surface area contributed by atoms with Crippen molar-refractivity contribution in [3.05, 3.63) is 70.8 Å². The maximum absolute atomic E-state index is 12.6. The summed E-state index contributed by atoms with van der Waals surface area (Å²) in [6.45, 7) is 8.02. The van der Waals surface area contributed by atoms with Crippen LogP contribution >= 0.6 is 0 Å². The molecule has 1 amide bonds. The van der Waals surface area contributed by atoms with E-state index in [1.165, 1.54) is 17.5 Å². The second-order valence-electron chi connectivity index (χ2n) is 7.58. The van der Waals surface area contributed by atoms with Crippen LogP contribution in [0.15, 0.2) is 53.5 Å². The number of likely N-dealkylation sites (tertiary alicyclic amines) is 1. The average molecular weight is 393 g/mol. The summed E-state index contributed by atoms with van der Waals surface area (Å²) in [6.07, 6.45) is 3.45. The van der Waals surface area contributed by atoms with E-state index in [2.05, 4.69) is 53.7 Å². The third-order valence-electron chi connectivity index (χ3n) is 5.19. The van der Waals surface area contributed by atoms with E-state index in [4.69, 9.17) is 0 Å². The van der Waals surface area contributed by atoms with Crippen molar-refractivity contribution in [2.45, 2.75) is 46.2 Å². The number of carbonyl (C=O) groups is 1. The number of nitrogens with zero attached hydrogens (tertiary/aromatic N) is 2. The van der Waals surface area contributed by atoms with Crippen molar-refractivity contribution in [3.63, 3.8) is 0 Å². The van der Waals surface area contributed by atoms with Crippen LogP contribution in [0.25, 0.3) is 0 Å². The number of nitrogens with one attached hydrogen (secondary N) is 2. The summed E-state index contributed by atoms with van der Waals surface area (Å²) in [7, 11) is 0. The molecule has 29 heavy (non-hydrogen) atoms. The molecule has 1 fully saturated rings. The number of hydrogen-bond donors (Lipinski definition) is 2. The summed E-state index contributed by atoms with van der Waals surface area (Å²) in [5.74, 6) is 0.939. The number of guanidine groups is 1. The first-order valence-corrected chi connectivity index (χ1v) is 10.6. The summed E-state index contributed by atoms with van der Waals surface area (Å²) in [5.41, 5.74) is 4.34. The zero-order valence-electron chi connectivity index (χ0n) is 17.6. The van der Waals surface area contributed by atoms with Crippen molar-refractivity contribution in [1.29, 1.82) is 0 Å². The minimum absolute atomic E-state index is 0.146. The van der Waals surface area contributed by atoms with Crippen LogP contribution in [-0.2, 0) is 13.1 Å². The van der Waals surface area contributed by atoms with Gasteiger partial charge < -0.3 is 15.5 Å². The van der Waals surface area contributed by atoms with Crippen molar-refractivity contribution in [3.8, 4) is 0 Å². The van der Waals surface area contributed by atoms with Crippen LogP contribution in [0.4, 0.5) is 0 Å². The fraction of sp³-hybridized carbons (Fsp3) is 0.417. The summed E-state index contributed by atoms with van der Waals surface area (Å²) < 4.78 is 0. The third-order valence-corrected chi connectivity index (χ3v) is 5.19. The van der Waals surface area contributed by atoms with Gasteiger partial charge in [0, 0.05) is 31.7 Å². The summed E-state index contributed by atoms with van der Waals surface area (Å²) in [6, 6.07) is 16.4. The number of hydrogen-bond acceptors (Lipinski definition) is 2. The first-order valence-electron chi connectivity index (χ1n) is 10.6. The summed E-state index contributed by atoms with van der Waals surface area (Å²) in [5, 5.41) is 6.66. The van der Waals surface area contributed by atoms with Crippen LogP contribution in [0.5, 0.6) is 0 Å². The number of carbonyl (C=O) groups excluding carboxylic acids is 1. The van der Waals surface area contributed by atoms with E-state index < -0.39 is 0 Å². The topological polar surface area (TPSA) is 56.7 Å². The smallest absolute Gasteiger partial charge is 0.253 e. The highest BCUT2D eigenvalue weighted by Crippen LogP contribution is 2.14. The Labute approximate surface area is 174 Å². The Balaban J connectivity index is 1.56. The largest absolute Gasteiger partial charge is 0.357 e. The minimum Gasteiger partial charge on any atom is -0.357 e. The standard InChI is InChI=1S/C24H32N4O/c1-3-25-24(26-17-20-9-7-19(2)8-10-20)27-18-21-11-13-22(14-12-21)23(29)28-15-5-4-6-16-28/h7-14H,3-6,15-18H2,1-2H3,(H2,25,26,27). The van der Waals surface area contributed by atoms with E-state index in [9.17, 15) is 4.79 Å². The number of aryl methyl sites for hydroxylation is 1. The van der Waals surface area contributed by atoms with E-state index in [1.807, 2.05) is 29.2 Å². The van der Waals surface area contributed by atoms with Gasteiger partial charge in [0.2, 0.25) is 0 Å². The fourth-order valence-corrected chi connectivity index (χ4v) is 3.44. The van der Waals surface area contributed by atoms with Gasteiger partial charge in [0.05, 0.1) is 6.54 Å². The van der Waals surface area contributed by atoms with Gasteiger partial charge in [-0.1, -0.05) is 42.0 Å². The van der Waals surface area contributed by atoms with Crippen LogP contribution < -0.4 is 10.6 Å². The number of amides is 1. The number of piperidine rings is 1. The van der Waals surface area contributed by atoms with Crippen molar-refractivity contribution in [2.75, 3.05) is 19.6 Å². The highest BCUT2D eigenvalue weighted by atomic mass is 16.2. The van der Waals surface area contributed by atoms with Gasteiger partial charge in [-0.2, -0.15) is 0 Å². The molecule has 1 aliphatic rings. The van der Waals surface area contributed by atoms with Gasteiger partial charge >= 0.3 is 0 Å². The van der Waals surface area contributed by atoms with E-state index in [1.54, 1.807) is 0 Å². The quantitative estimate of drug-likeness (QED) is 0.579. The van der Waals surface area contributed by atoms with Crippen LogP contribution in [0, 0.1) is 6.92 Å². The molecule has 5 heteroatoms. The molecule has 2 aromatic carbocycles. The first kappa shape index (κ1) is 20.9. The molecule has 0 bridgehead atoms. The Hall–Kier alpha value is -2.82. The van der Waals surface area contributed by atoms with Crippen LogP contribution in [-0.4, -0.2) is 36.4 Å². The molecule has 1 heterocycles. The molecular weight excluding hydrogens is 360 g/mol. The lowest BCUT2D eigenvalue weighted by molar-refractivity contribution is 0.0724. The van der Waals surface area contributed by atoms with Crippen molar-refractivity contribution >= 4 is 11.9 Å². The van der Waals surface area contributed by atoms with E-state index in [0.29, 0.717) is 6.54 Å². The van der Waals surface area contributed by atoms with Crippen molar-refractivity contribution in [2.24, 2.45) is 4.99 Å². The molecule has 0 radical (unpaired) electrons. The highest BCUT2D eigenvalue weighted by molar-refractivity contribution is 5.94. The number of aliphatic imine (C=N–C) groups is 1. The number of benzene rings is 2. The summed E-state index contributed by atoms with van der Waals surface area (Å²) in [4.78, 5) is 19.2. The molecule has 154 valence electrons. The summed E-state index contributed by atoms with van der Waals surface area (Å²) >= 11 is 0. The molecule has 2 N–H and O–H groups in total. The van der Waals surface area contributed by atoms with Gasteiger partial charge in [-0.05, 0) is 56.4 Å². The Morgan fingerprint density at radius 1 is 0.931 bits per heavy atom. The van der Waals surface area contributed by atoms with Crippen molar-refractivity contribution < 1.29 is 4.79 Å². The van der Waals surface area contributed by atoms with Crippen LogP contribution in [0.2, 0.25) is 0 Å². The Bertz CT molecular complexity index is 806. The predicted molar refractivity (Wildman–Crippen MR) is 119 cm³/mol. The first-order chi connectivity index (χ1) is 14.2. The van der Waals surface area contributed by atoms with Gasteiger partial charge in [0.1, 0.15) is 0 Å². The van der Waals surface area contributed by atoms with Crippen LogP contribution in [0.3, 0.4) is 0 Å². The number of rotatable bonds is 6. The average Bonchev–Trinajstić information content (AvgIpc) is 2.77. The molecule has 0 spiro atoms. The lowest BCUT2D eigenvalue weighted by atomic mass is 10.1. The molecule has 0 aliphatic carbocycles. The molecule has 3 rings (SSSR count). The molecule has 1 aliphatic heterocycles. The van der Waals surface area contributed by atoms with E-state index in [0.717, 1.165) is 56.1 Å². The molecule has 5 nitrogen and oxygen atoms in total. The second kappa shape index (κ2) is 10.6. The molecular formula is C24H32N4O. The SMILES string of the molecule is CCNC(=NCc1ccc(C(=O)N2CCCCC2)cc1)NCc1ccc(C)cc1.